The van der Waals surface area contributed by atoms with Gasteiger partial charge in [0, 0.05) is 12.1 Å². The molecule has 2 N–H and O–H groups in total. The van der Waals surface area contributed by atoms with Gasteiger partial charge in [0.1, 0.15) is 30.5 Å². The minimum atomic E-state index is -0.759. The number of anilines is 1. The van der Waals surface area contributed by atoms with Crippen LogP contribution >= 0.6 is 11.6 Å². The Morgan fingerprint density at radius 3 is 2.73 bits per heavy atom. The highest BCUT2D eigenvalue weighted by Crippen LogP contribution is 2.34. The fraction of sp³-hybridized carbons (Fsp3) is 0.565. The molecule has 0 radical (unpaired) electrons. The van der Waals surface area contributed by atoms with Crippen LogP contribution in [-0.4, -0.2) is 71.7 Å². The molecule has 10 heteroatoms. The number of benzene rings is 1. The number of nitrogens with zero attached hydrogens (tertiary/aromatic N) is 1. The number of Topliss-reactive ketones (excluding diaryl/α,β-unsaturated/α-hetero) is 1. The van der Waals surface area contributed by atoms with Gasteiger partial charge in [-0.25, -0.2) is 0 Å². The molecule has 3 amide bonds. The summed E-state index contributed by atoms with van der Waals surface area (Å²) in [6.45, 7) is 0.0514. The molecule has 3 fully saturated rings. The van der Waals surface area contributed by atoms with Crippen LogP contribution in [0, 0.1) is 5.92 Å². The number of ether oxygens (including phenoxy) is 2. The number of ketones is 1. The lowest BCUT2D eigenvalue weighted by Crippen LogP contribution is -2.55. The van der Waals surface area contributed by atoms with Crippen LogP contribution in [-0.2, 0) is 19.1 Å². The van der Waals surface area contributed by atoms with Crippen molar-refractivity contribution < 1.29 is 28.7 Å². The predicted molar refractivity (Wildman–Crippen MR) is 118 cm³/mol. The molecule has 4 aliphatic rings. The van der Waals surface area contributed by atoms with Gasteiger partial charge in [-0.1, -0.05) is 19.3 Å². The molecule has 1 saturated carbocycles. The van der Waals surface area contributed by atoms with Crippen LogP contribution < -0.4 is 15.4 Å². The Morgan fingerprint density at radius 2 is 1.94 bits per heavy atom. The first-order chi connectivity index (χ1) is 15.9. The zero-order chi connectivity index (χ0) is 23.1. The minimum Gasteiger partial charge on any atom is -0.482 e. The van der Waals surface area contributed by atoms with E-state index in [9.17, 15) is 19.2 Å². The molecule has 176 valence electrons. The molecule has 1 aromatic carbocycles. The van der Waals surface area contributed by atoms with E-state index in [1.54, 1.807) is 18.2 Å². The van der Waals surface area contributed by atoms with E-state index in [1.807, 2.05) is 0 Å². The molecule has 4 atom stereocenters. The van der Waals surface area contributed by atoms with Gasteiger partial charge in [-0.15, -0.1) is 11.6 Å². The lowest BCUT2D eigenvalue weighted by Gasteiger charge is -2.34. The highest BCUT2D eigenvalue weighted by molar-refractivity contribution is 6.22. The van der Waals surface area contributed by atoms with Crippen molar-refractivity contribution >= 4 is 40.8 Å². The number of carbonyl (C=O) groups excluding carboxylic acids is 4. The van der Waals surface area contributed by atoms with Crippen molar-refractivity contribution in [2.45, 2.75) is 55.7 Å². The molecule has 2 saturated heterocycles. The van der Waals surface area contributed by atoms with Crippen LogP contribution in [0.2, 0.25) is 0 Å². The van der Waals surface area contributed by atoms with E-state index in [0.29, 0.717) is 17.0 Å². The van der Waals surface area contributed by atoms with Crippen molar-refractivity contribution in [3.8, 4) is 5.75 Å². The number of alkyl halides is 1. The van der Waals surface area contributed by atoms with Crippen molar-refractivity contribution in [1.82, 2.24) is 10.2 Å². The van der Waals surface area contributed by atoms with E-state index in [4.69, 9.17) is 21.1 Å². The fourth-order valence-electron chi connectivity index (χ4n) is 5.29. The number of amides is 3. The van der Waals surface area contributed by atoms with E-state index in [2.05, 4.69) is 10.6 Å². The van der Waals surface area contributed by atoms with Crippen molar-refractivity contribution in [3.05, 3.63) is 23.8 Å². The van der Waals surface area contributed by atoms with Gasteiger partial charge in [0.25, 0.3) is 11.8 Å². The molecular weight excluding hydrogens is 450 g/mol. The number of fused-ring (bicyclic) bond motifs is 2. The number of hydrogen-bond donors (Lipinski definition) is 2. The minimum absolute atomic E-state index is 0.0198. The van der Waals surface area contributed by atoms with Gasteiger partial charge in [-0.2, -0.15) is 0 Å². The molecule has 5 rings (SSSR count). The van der Waals surface area contributed by atoms with E-state index in [0.717, 1.165) is 32.1 Å². The Kier molecular flexibility index (Phi) is 6.01. The van der Waals surface area contributed by atoms with Gasteiger partial charge in [0.2, 0.25) is 5.91 Å². The van der Waals surface area contributed by atoms with Crippen LogP contribution in [0.4, 0.5) is 5.69 Å². The summed E-state index contributed by atoms with van der Waals surface area (Å²) in [4.78, 5) is 52.3. The Morgan fingerprint density at radius 1 is 1.15 bits per heavy atom. The number of nitrogens with one attached hydrogen (secondary N) is 2. The predicted octanol–water partition coefficient (Wildman–Crippen LogP) is 1.48. The topological polar surface area (TPSA) is 114 Å². The smallest absolute Gasteiger partial charge is 0.262 e. The van der Waals surface area contributed by atoms with E-state index >= 15 is 0 Å². The summed E-state index contributed by atoms with van der Waals surface area (Å²) < 4.78 is 10.9. The average molecular weight is 476 g/mol. The zero-order valence-corrected chi connectivity index (χ0v) is 18.8. The second-order valence-electron chi connectivity index (χ2n) is 9.09. The highest BCUT2D eigenvalue weighted by Gasteiger charge is 2.53. The first kappa shape index (κ1) is 22.2. The van der Waals surface area contributed by atoms with Gasteiger partial charge in [0.15, 0.2) is 12.4 Å². The molecule has 0 bridgehead atoms. The summed E-state index contributed by atoms with van der Waals surface area (Å²) >= 11 is 6.38. The number of halogens is 1. The molecule has 1 aliphatic carbocycles. The highest BCUT2D eigenvalue weighted by atomic mass is 35.5. The van der Waals surface area contributed by atoms with Gasteiger partial charge in [-0.05, 0) is 37.0 Å². The summed E-state index contributed by atoms with van der Waals surface area (Å²) in [6, 6.07) is 3.30. The standard InChI is InChI=1S/C23H26ClN3O6/c24-14-9-27(20-16(28)10-33-21(14)20)23(31)19(12-4-2-1-3-5-12)26-22(30)13-6-7-15-17(8-13)32-11-18(29)25-15/h6-8,12,14,19-21H,1-5,9-11H2,(H,25,29)(H,26,30)/t14-,19-,20+,21+/m0/s1. The van der Waals surface area contributed by atoms with Crippen molar-refractivity contribution in [2.24, 2.45) is 5.92 Å². The monoisotopic (exact) mass is 475 g/mol. The third kappa shape index (κ3) is 4.19. The van der Waals surface area contributed by atoms with Crippen LogP contribution in [0.15, 0.2) is 18.2 Å². The summed E-state index contributed by atoms with van der Waals surface area (Å²) in [5.74, 6) is -0.714. The van der Waals surface area contributed by atoms with Crippen molar-refractivity contribution in [3.63, 3.8) is 0 Å². The summed E-state index contributed by atoms with van der Waals surface area (Å²) in [5, 5.41) is 5.17. The molecule has 3 aliphatic heterocycles. The number of carbonyl (C=O) groups is 4. The van der Waals surface area contributed by atoms with Crippen LogP contribution in [0.1, 0.15) is 42.5 Å². The maximum Gasteiger partial charge on any atom is 0.262 e. The zero-order valence-electron chi connectivity index (χ0n) is 18.1. The first-order valence-corrected chi connectivity index (χ1v) is 11.8. The molecule has 0 aromatic heterocycles. The number of hydrogen-bond acceptors (Lipinski definition) is 6. The van der Waals surface area contributed by atoms with Gasteiger partial charge < -0.3 is 25.0 Å². The summed E-state index contributed by atoms with van der Waals surface area (Å²) in [6.07, 6.45) is 4.23. The first-order valence-electron chi connectivity index (χ1n) is 11.4. The second kappa shape index (κ2) is 8.95. The van der Waals surface area contributed by atoms with Crippen molar-refractivity contribution in [2.75, 3.05) is 25.1 Å². The van der Waals surface area contributed by atoms with Crippen molar-refractivity contribution in [1.29, 1.82) is 0 Å². The van der Waals surface area contributed by atoms with Crippen LogP contribution in [0.3, 0.4) is 0 Å². The molecule has 1 aromatic rings. The Balaban J connectivity index is 1.38. The molecule has 33 heavy (non-hydrogen) atoms. The molecule has 9 nitrogen and oxygen atoms in total. The fourth-order valence-corrected chi connectivity index (χ4v) is 5.65. The molecular formula is C23H26ClN3O6. The van der Waals surface area contributed by atoms with E-state index < -0.39 is 29.5 Å². The lowest BCUT2D eigenvalue weighted by molar-refractivity contribution is -0.139. The summed E-state index contributed by atoms with van der Waals surface area (Å²) in [5.41, 5.74) is 0.826. The third-order valence-corrected chi connectivity index (χ3v) is 7.34. The lowest BCUT2D eigenvalue weighted by atomic mass is 9.83. The van der Waals surface area contributed by atoms with E-state index in [-0.39, 0.29) is 43.3 Å². The largest absolute Gasteiger partial charge is 0.482 e. The third-order valence-electron chi connectivity index (χ3n) is 6.96. The Hall–Kier alpha value is -2.65. The molecule has 3 heterocycles. The van der Waals surface area contributed by atoms with Gasteiger partial charge in [-0.3, -0.25) is 19.2 Å². The maximum atomic E-state index is 13.7. The Labute approximate surface area is 196 Å². The number of rotatable bonds is 4. The molecule has 0 unspecified atom stereocenters. The summed E-state index contributed by atoms with van der Waals surface area (Å²) in [7, 11) is 0. The Bertz CT molecular complexity index is 994. The van der Waals surface area contributed by atoms with Crippen LogP contribution in [0.25, 0.3) is 0 Å². The normalized spacial score (nSPS) is 27.9. The molecule has 0 spiro atoms. The SMILES string of the molecule is O=C1COc2cc(C(=O)N[C@H](C(=O)N3C[C@H](Cl)[C@H]4OCC(=O)[C@H]43)C3CCCCC3)ccc2N1. The number of likely N-dealkylation sites (tertiary alicyclic amines) is 1. The average Bonchev–Trinajstić information content (AvgIpc) is 3.37. The second-order valence-corrected chi connectivity index (χ2v) is 9.65. The van der Waals surface area contributed by atoms with Crippen LogP contribution in [0.5, 0.6) is 5.75 Å². The quantitative estimate of drug-likeness (QED) is 0.638. The van der Waals surface area contributed by atoms with E-state index in [1.165, 1.54) is 4.90 Å². The van der Waals surface area contributed by atoms with Gasteiger partial charge >= 0.3 is 0 Å². The van der Waals surface area contributed by atoms with Gasteiger partial charge in [0.05, 0.1) is 11.1 Å². The maximum absolute atomic E-state index is 13.7.